The first-order valence-corrected chi connectivity index (χ1v) is 7.16. The topological polar surface area (TPSA) is 73.7 Å². The molecule has 6 heteroatoms. The molecule has 0 bridgehead atoms. The number of anilines is 1. The number of piperidine rings is 1. The van der Waals surface area contributed by atoms with Crippen molar-refractivity contribution < 1.29 is 14.7 Å². The Labute approximate surface area is 124 Å². The van der Waals surface area contributed by atoms with Crippen molar-refractivity contribution in [2.45, 2.75) is 26.2 Å². The molecule has 0 radical (unpaired) electrons. The number of aromatic nitrogens is 1. The molecule has 0 spiro atoms. The minimum absolute atomic E-state index is 0.113. The van der Waals surface area contributed by atoms with Gasteiger partial charge in [0.25, 0.3) is 0 Å². The number of rotatable bonds is 3. The highest BCUT2D eigenvalue weighted by Crippen LogP contribution is 2.35. The molecule has 6 nitrogen and oxygen atoms in total. The highest BCUT2D eigenvalue weighted by Gasteiger charge is 2.41. The van der Waals surface area contributed by atoms with Crippen LogP contribution in [-0.4, -0.2) is 47.1 Å². The van der Waals surface area contributed by atoms with Crippen molar-refractivity contribution >= 4 is 17.7 Å². The van der Waals surface area contributed by atoms with Crippen LogP contribution < -0.4 is 4.90 Å². The maximum atomic E-state index is 12.4. The molecule has 1 saturated heterocycles. The highest BCUT2D eigenvalue weighted by molar-refractivity contribution is 5.91. The van der Waals surface area contributed by atoms with Gasteiger partial charge in [-0.15, -0.1) is 0 Å². The van der Waals surface area contributed by atoms with E-state index in [-0.39, 0.29) is 6.03 Å². The van der Waals surface area contributed by atoms with Crippen LogP contribution in [0.5, 0.6) is 0 Å². The summed E-state index contributed by atoms with van der Waals surface area (Å²) in [5.41, 5.74) is 0.0528. The van der Waals surface area contributed by atoms with Gasteiger partial charge in [0.2, 0.25) is 0 Å². The van der Waals surface area contributed by atoms with Gasteiger partial charge in [-0.3, -0.25) is 14.7 Å². The molecule has 2 rings (SSSR count). The number of hydrogen-bond acceptors (Lipinski definition) is 3. The fourth-order valence-corrected chi connectivity index (χ4v) is 2.72. The second kappa shape index (κ2) is 6.11. The zero-order chi connectivity index (χ0) is 15.5. The first-order chi connectivity index (χ1) is 10.00. The number of carboxylic acids is 1. The van der Waals surface area contributed by atoms with Gasteiger partial charge in [0.1, 0.15) is 0 Å². The Hall–Kier alpha value is -2.11. The normalized spacial score (nSPS) is 17.3. The molecule has 21 heavy (non-hydrogen) atoms. The molecule has 1 aliphatic rings. The minimum Gasteiger partial charge on any atom is -0.481 e. The Kier molecular flexibility index (Phi) is 4.45. The number of urea groups is 1. The number of likely N-dealkylation sites (tertiary alicyclic amines) is 1. The fourth-order valence-electron chi connectivity index (χ4n) is 2.72. The summed E-state index contributed by atoms with van der Waals surface area (Å²) in [4.78, 5) is 31.1. The Morgan fingerprint density at radius 1 is 1.43 bits per heavy atom. The molecule has 0 aromatic carbocycles. The lowest BCUT2D eigenvalue weighted by Crippen LogP contribution is -2.50. The van der Waals surface area contributed by atoms with Crippen LogP contribution in [0.3, 0.4) is 0 Å². The van der Waals surface area contributed by atoms with Crippen LogP contribution in [0, 0.1) is 5.41 Å². The van der Waals surface area contributed by atoms with E-state index in [1.54, 1.807) is 35.3 Å². The van der Waals surface area contributed by atoms with Crippen molar-refractivity contribution in [2.24, 2.45) is 5.41 Å². The van der Waals surface area contributed by atoms with E-state index in [1.807, 2.05) is 13.0 Å². The maximum absolute atomic E-state index is 12.4. The van der Waals surface area contributed by atoms with Gasteiger partial charge in [-0.1, -0.05) is 6.92 Å². The number of amides is 2. The molecule has 1 N–H and O–H groups in total. The molecular weight excluding hydrogens is 270 g/mol. The lowest BCUT2D eigenvalue weighted by molar-refractivity contribution is -0.151. The zero-order valence-corrected chi connectivity index (χ0v) is 12.5. The third kappa shape index (κ3) is 2.99. The number of nitrogens with zero attached hydrogens (tertiary/aromatic N) is 3. The number of carbonyl (C=O) groups is 2. The average Bonchev–Trinajstić information content (AvgIpc) is 2.54. The van der Waals surface area contributed by atoms with E-state index in [1.165, 1.54) is 0 Å². The van der Waals surface area contributed by atoms with Gasteiger partial charge in [0.05, 0.1) is 17.3 Å². The molecule has 1 aliphatic heterocycles. The second-order valence-corrected chi connectivity index (χ2v) is 5.48. The largest absolute Gasteiger partial charge is 0.481 e. The Morgan fingerprint density at radius 3 is 2.57 bits per heavy atom. The van der Waals surface area contributed by atoms with E-state index < -0.39 is 11.4 Å². The van der Waals surface area contributed by atoms with Gasteiger partial charge < -0.3 is 10.0 Å². The summed E-state index contributed by atoms with van der Waals surface area (Å²) in [5, 5.41) is 9.38. The fraction of sp³-hybridized carbons (Fsp3) is 0.533. The number of carbonyl (C=O) groups excluding carboxylic acids is 1. The molecule has 2 heterocycles. The summed E-state index contributed by atoms with van der Waals surface area (Å²) in [5.74, 6) is -0.752. The van der Waals surface area contributed by atoms with Crippen LogP contribution in [0.15, 0.2) is 24.5 Å². The summed E-state index contributed by atoms with van der Waals surface area (Å²) in [6.45, 7) is 2.85. The summed E-state index contributed by atoms with van der Waals surface area (Å²) in [7, 11) is 1.71. The van der Waals surface area contributed by atoms with Crippen LogP contribution in [0.1, 0.15) is 26.2 Å². The predicted molar refractivity (Wildman–Crippen MR) is 79.2 cm³/mol. The molecule has 0 atom stereocenters. The smallest absolute Gasteiger partial charge is 0.324 e. The van der Waals surface area contributed by atoms with Crippen molar-refractivity contribution in [3.63, 3.8) is 0 Å². The molecule has 114 valence electrons. The van der Waals surface area contributed by atoms with Gasteiger partial charge in [-0.25, -0.2) is 4.79 Å². The lowest BCUT2D eigenvalue weighted by Gasteiger charge is -2.39. The Bertz CT molecular complexity index is 510. The Morgan fingerprint density at radius 2 is 2.10 bits per heavy atom. The first kappa shape index (κ1) is 15.3. The number of pyridine rings is 1. The summed E-state index contributed by atoms with van der Waals surface area (Å²) >= 11 is 0. The molecule has 1 aromatic rings. The second-order valence-electron chi connectivity index (χ2n) is 5.48. The number of aliphatic carboxylic acids is 1. The van der Waals surface area contributed by atoms with E-state index in [4.69, 9.17) is 0 Å². The molecular formula is C15H21N3O3. The van der Waals surface area contributed by atoms with Crippen molar-refractivity contribution in [1.82, 2.24) is 9.88 Å². The molecule has 0 saturated carbocycles. The van der Waals surface area contributed by atoms with Gasteiger partial charge in [-0.05, 0) is 31.4 Å². The van der Waals surface area contributed by atoms with E-state index in [2.05, 4.69) is 4.98 Å². The van der Waals surface area contributed by atoms with E-state index in [9.17, 15) is 14.7 Å². The first-order valence-electron chi connectivity index (χ1n) is 7.16. The van der Waals surface area contributed by atoms with Crippen molar-refractivity contribution in [2.75, 3.05) is 25.0 Å². The number of carboxylic acid groups (broad SMARTS) is 1. The lowest BCUT2D eigenvalue weighted by atomic mass is 9.76. The maximum Gasteiger partial charge on any atom is 0.324 e. The van der Waals surface area contributed by atoms with E-state index in [0.717, 1.165) is 5.69 Å². The monoisotopic (exact) mass is 291 g/mol. The minimum atomic E-state index is -0.752. The van der Waals surface area contributed by atoms with Crippen LogP contribution in [-0.2, 0) is 4.79 Å². The predicted octanol–water partition coefficient (Wildman–Crippen LogP) is 2.21. The third-order valence-electron chi connectivity index (χ3n) is 4.44. The van der Waals surface area contributed by atoms with Crippen molar-refractivity contribution in [3.05, 3.63) is 24.5 Å². The van der Waals surface area contributed by atoms with Crippen LogP contribution in [0.2, 0.25) is 0 Å². The van der Waals surface area contributed by atoms with Gasteiger partial charge >= 0.3 is 12.0 Å². The molecule has 1 fully saturated rings. The van der Waals surface area contributed by atoms with Gasteiger partial charge in [0, 0.05) is 26.3 Å². The zero-order valence-electron chi connectivity index (χ0n) is 12.5. The van der Waals surface area contributed by atoms with Crippen molar-refractivity contribution in [3.8, 4) is 0 Å². The quantitative estimate of drug-likeness (QED) is 0.926. The molecule has 0 aliphatic carbocycles. The summed E-state index contributed by atoms with van der Waals surface area (Å²) in [6, 6.07) is 3.49. The number of hydrogen-bond donors (Lipinski definition) is 1. The molecule has 0 unspecified atom stereocenters. The van der Waals surface area contributed by atoms with Crippen LogP contribution in [0.25, 0.3) is 0 Å². The third-order valence-corrected chi connectivity index (χ3v) is 4.44. The summed E-state index contributed by atoms with van der Waals surface area (Å²) in [6.07, 6.45) is 4.90. The Balaban J connectivity index is 2.02. The average molecular weight is 291 g/mol. The highest BCUT2D eigenvalue weighted by atomic mass is 16.4. The summed E-state index contributed by atoms with van der Waals surface area (Å²) < 4.78 is 0. The SMILES string of the molecule is CCC1(C(=O)O)CCN(C(=O)N(C)c2cccnc2)CC1. The van der Waals surface area contributed by atoms with Crippen LogP contribution >= 0.6 is 0 Å². The standard InChI is InChI=1S/C15H21N3O3/c1-3-15(13(19)20)6-9-18(10-7-15)14(21)17(2)12-5-4-8-16-11-12/h4-5,8,11H,3,6-7,9-10H2,1-2H3,(H,19,20). The molecule has 2 amide bonds. The van der Waals surface area contributed by atoms with Gasteiger partial charge in [0.15, 0.2) is 0 Å². The van der Waals surface area contributed by atoms with E-state index >= 15 is 0 Å². The van der Waals surface area contributed by atoms with Crippen molar-refractivity contribution in [1.29, 1.82) is 0 Å². The van der Waals surface area contributed by atoms with Gasteiger partial charge in [-0.2, -0.15) is 0 Å². The van der Waals surface area contributed by atoms with E-state index in [0.29, 0.717) is 32.4 Å². The van der Waals surface area contributed by atoms with Crippen LogP contribution in [0.4, 0.5) is 10.5 Å². The molecule has 1 aromatic heterocycles.